The van der Waals surface area contributed by atoms with Gasteiger partial charge in [-0.05, 0) is 43.2 Å². The number of nitrogens with zero attached hydrogens (tertiary/aromatic N) is 2. The lowest BCUT2D eigenvalue weighted by atomic mass is 9.96. The Balaban J connectivity index is 1.31. The summed E-state index contributed by atoms with van der Waals surface area (Å²) in [7, 11) is 1.64. The number of carbonyl (C=O) groups is 1. The zero-order chi connectivity index (χ0) is 19.1. The Labute approximate surface area is 162 Å². The van der Waals surface area contributed by atoms with Crippen molar-refractivity contribution in [1.82, 2.24) is 19.9 Å². The van der Waals surface area contributed by atoms with Gasteiger partial charge in [-0.3, -0.25) is 4.79 Å². The third-order valence-corrected chi connectivity index (χ3v) is 5.65. The average molecular weight is 374 g/mol. The first-order valence-electron chi connectivity index (χ1n) is 9.62. The summed E-state index contributed by atoms with van der Waals surface area (Å²) < 4.78 is 5.40. The van der Waals surface area contributed by atoms with E-state index in [9.17, 15) is 4.79 Å². The van der Waals surface area contributed by atoms with Gasteiger partial charge in [0.05, 0.1) is 18.1 Å². The number of piperidine rings is 1. The molecule has 0 atom stereocenters. The van der Waals surface area contributed by atoms with Crippen LogP contribution in [-0.4, -0.2) is 46.0 Å². The molecular formula is C22H22N4O2. The highest BCUT2D eigenvalue weighted by Crippen LogP contribution is 2.30. The minimum absolute atomic E-state index is 0.0429. The number of amides is 1. The summed E-state index contributed by atoms with van der Waals surface area (Å²) in [6.45, 7) is 1.46. The molecule has 0 spiro atoms. The van der Waals surface area contributed by atoms with Crippen LogP contribution in [0.2, 0.25) is 0 Å². The number of likely N-dealkylation sites (tertiary alicyclic amines) is 1. The molecule has 1 fully saturated rings. The van der Waals surface area contributed by atoms with Crippen molar-refractivity contribution >= 4 is 27.8 Å². The fourth-order valence-corrected chi connectivity index (χ4v) is 4.11. The van der Waals surface area contributed by atoms with Gasteiger partial charge in [-0.2, -0.15) is 0 Å². The molecule has 0 bridgehead atoms. The Morgan fingerprint density at radius 2 is 1.86 bits per heavy atom. The predicted octanol–water partition coefficient (Wildman–Crippen LogP) is 4.07. The number of rotatable bonds is 3. The second-order valence-corrected chi connectivity index (χ2v) is 7.31. The molecule has 4 aromatic rings. The third kappa shape index (κ3) is 2.81. The van der Waals surface area contributed by atoms with Crippen molar-refractivity contribution in [2.45, 2.75) is 18.8 Å². The zero-order valence-corrected chi connectivity index (χ0v) is 15.7. The number of ether oxygens (including phenoxy) is 1. The number of hydrogen-bond acceptors (Lipinski definition) is 3. The van der Waals surface area contributed by atoms with Crippen molar-refractivity contribution in [3.05, 3.63) is 60.0 Å². The molecule has 5 rings (SSSR count). The highest BCUT2D eigenvalue weighted by Gasteiger charge is 2.27. The average Bonchev–Trinajstić information content (AvgIpc) is 3.37. The topological polar surface area (TPSA) is 74.0 Å². The predicted molar refractivity (Wildman–Crippen MR) is 109 cm³/mol. The molecule has 0 radical (unpaired) electrons. The maximum atomic E-state index is 13.0. The van der Waals surface area contributed by atoms with E-state index < -0.39 is 0 Å². The van der Waals surface area contributed by atoms with Crippen molar-refractivity contribution in [3.63, 3.8) is 0 Å². The molecular weight excluding hydrogens is 352 g/mol. The summed E-state index contributed by atoms with van der Waals surface area (Å²) in [5.41, 5.74) is 3.60. The maximum Gasteiger partial charge on any atom is 0.270 e. The molecule has 3 heterocycles. The van der Waals surface area contributed by atoms with Crippen LogP contribution in [0, 0.1) is 0 Å². The molecule has 2 aromatic heterocycles. The van der Waals surface area contributed by atoms with Gasteiger partial charge in [-0.25, -0.2) is 4.98 Å². The minimum Gasteiger partial charge on any atom is -0.496 e. The quantitative estimate of drug-likeness (QED) is 0.568. The van der Waals surface area contributed by atoms with E-state index in [-0.39, 0.29) is 5.91 Å². The van der Waals surface area contributed by atoms with E-state index >= 15 is 0 Å². The van der Waals surface area contributed by atoms with Gasteiger partial charge in [0.25, 0.3) is 5.91 Å². The lowest BCUT2D eigenvalue weighted by Crippen LogP contribution is -2.38. The van der Waals surface area contributed by atoms with Crippen LogP contribution in [0.5, 0.6) is 5.75 Å². The van der Waals surface area contributed by atoms with Gasteiger partial charge in [-0.1, -0.05) is 18.2 Å². The molecule has 2 N–H and O–H groups in total. The number of hydrogen-bond donors (Lipinski definition) is 2. The number of aromatic amines is 2. The van der Waals surface area contributed by atoms with Crippen LogP contribution in [0.1, 0.15) is 35.1 Å². The molecule has 1 saturated heterocycles. The molecule has 0 aliphatic carbocycles. The van der Waals surface area contributed by atoms with Crippen molar-refractivity contribution < 1.29 is 9.53 Å². The Morgan fingerprint density at radius 3 is 2.64 bits per heavy atom. The Morgan fingerprint density at radius 1 is 1.07 bits per heavy atom. The molecule has 2 aromatic carbocycles. The van der Waals surface area contributed by atoms with E-state index in [1.165, 1.54) is 0 Å². The fourth-order valence-electron chi connectivity index (χ4n) is 4.11. The molecule has 6 nitrogen and oxygen atoms in total. The Bertz CT molecular complexity index is 1120. The normalized spacial score (nSPS) is 15.4. The molecule has 1 amide bonds. The summed E-state index contributed by atoms with van der Waals surface area (Å²) >= 11 is 0. The molecule has 1 aliphatic rings. The number of para-hydroxylation sites is 2. The molecule has 0 saturated carbocycles. The summed E-state index contributed by atoms with van der Waals surface area (Å²) in [5.74, 6) is 2.21. The fraction of sp³-hybridized carbons (Fsp3) is 0.273. The number of aromatic nitrogens is 3. The Kier molecular flexibility index (Phi) is 4.04. The summed E-state index contributed by atoms with van der Waals surface area (Å²) in [5, 5.41) is 0.936. The first-order chi connectivity index (χ1) is 13.7. The number of methoxy groups -OCH3 is 1. The van der Waals surface area contributed by atoms with Crippen LogP contribution in [-0.2, 0) is 0 Å². The van der Waals surface area contributed by atoms with Crippen LogP contribution in [0.3, 0.4) is 0 Å². The maximum absolute atomic E-state index is 13.0. The van der Waals surface area contributed by atoms with E-state index in [1.54, 1.807) is 7.11 Å². The summed E-state index contributed by atoms with van der Waals surface area (Å²) in [6, 6.07) is 15.8. The van der Waals surface area contributed by atoms with E-state index in [1.807, 2.05) is 47.4 Å². The van der Waals surface area contributed by atoms with Gasteiger partial charge in [0.2, 0.25) is 0 Å². The highest BCUT2D eigenvalue weighted by atomic mass is 16.5. The molecule has 0 unspecified atom stereocenters. The van der Waals surface area contributed by atoms with Gasteiger partial charge in [0, 0.05) is 29.9 Å². The van der Waals surface area contributed by atoms with Crippen LogP contribution in [0.4, 0.5) is 0 Å². The zero-order valence-electron chi connectivity index (χ0n) is 15.7. The third-order valence-electron chi connectivity index (χ3n) is 5.65. The SMILES string of the molecule is COc1cccc2[nH]c(C(=O)N3CCC(c4nc5ccccc5[nH]4)CC3)cc12. The molecule has 6 heteroatoms. The van der Waals surface area contributed by atoms with Crippen molar-refractivity contribution in [3.8, 4) is 5.75 Å². The minimum atomic E-state index is 0.0429. The first-order valence-corrected chi connectivity index (χ1v) is 9.62. The number of carbonyl (C=O) groups excluding carboxylic acids is 1. The number of imidazole rings is 1. The highest BCUT2D eigenvalue weighted by molar-refractivity contribution is 5.99. The van der Waals surface area contributed by atoms with Gasteiger partial charge in [0.15, 0.2) is 0 Å². The standard InChI is InChI=1S/C22H22N4O2/c1-28-20-8-4-7-16-15(20)13-19(23-16)22(27)26-11-9-14(10-12-26)21-24-17-5-2-3-6-18(17)25-21/h2-8,13-14,23H,9-12H2,1H3,(H,24,25). The summed E-state index contributed by atoms with van der Waals surface area (Å²) in [4.78, 5) is 26.3. The van der Waals surface area contributed by atoms with E-state index in [2.05, 4.69) is 16.0 Å². The van der Waals surface area contributed by atoms with E-state index in [0.717, 1.165) is 59.4 Å². The van der Waals surface area contributed by atoms with Gasteiger partial charge >= 0.3 is 0 Å². The van der Waals surface area contributed by atoms with E-state index in [4.69, 9.17) is 9.72 Å². The van der Waals surface area contributed by atoms with Gasteiger partial charge in [0.1, 0.15) is 17.3 Å². The van der Waals surface area contributed by atoms with Crippen molar-refractivity contribution in [2.24, 2.45) is 0 Å². The Hall–Kier alpha value is -3.28. The summed E-state index contributed by atoms with van der Waals surface area (Å²) in [6.07, 6.45) is 1.82. The number of benzene rings is 2. The molecule has 28 heavy (non-hydrogen) atoms. The first kappa shape index (κ1) is 16.9. The second-order valence-electron chi connectivity index (χ2n) is 7.31. The molecule has 142 valence electrons. The van der Waals surface area contributed by atoms with Crippen LogP contribution in [0.25, 0.3) is 21.9 Å². The molecule has 1 aliphatic heterocycles. The smallest absolute Gasteiger partial charge is 0.270 e. The number of H-pyrrole nitrogens is 2. The van der Waals surface area contributed by atoms with Crippen LogP contribution < -0.4 is 4.74 Å². The second kappa shape index (κ2) is 6.71. The van der Waals surface area contributed by atoms with Crippen molar-refractivity contribution in [2.75, 3.05) is 20.2 Å². The number of nitrogens with one attached hydrogen (secondary N) is 2. The lowest BCUT2D eigenvalue weighted by Gasteiger charge is -2.30. The van der Waals surface area contributed by atoms with Crippen LogP contribution >= 0.6 is 0 Å². The largest absolute Gasteiger partial charge is 0.496 e. The van der Waals surface area contributed by atoms with Crippen LogP contribution in [0.15, 0.2) is 48.5 Å². The van der Waals surface area contributed by atoms with E-state index in [0.29, 0.717) is 11.6 Å². The van der Waals surface area contributed by atoms with Gasteiger partial charge < -0.3 is 19.6 Å². The monoisotopic (exact) mass is 374 g/mol. The van der Waals surface area contributed by atoms with Crippen molar-refractivity contribution in [1.29, 1.82) is 0 Å². The van der Waals surface area contributed by atoms with Gasteiger partial charge in [-0.15, -0.1) is 0 Å². The number of fused-ring (bicyclic) bond motifs is 2. The lowest BCUT2D eigenvalue weighted by molar-refractivity contribution is 0.0706.